The third-order valence-corrected chi connectivity index (χ3v) is 4.49. The summed E-state index contributed by atoms with van der Waals surface area (Å²) in [5.74, 6) is 0.0258. The lowest BCUT2D eigenvalue weighted by Gasteiger charge is -2.25. The van der Waals surface area contributed by atoms with E-state index in [-0.39, 0.29) is 11.3 Å². The highest BCUT2D eigenvalue weighted by atomic mass is 32.1. The first kappa shape index (κ1) is 17.2. The van der Waals surface area contributed by atoms with E-state index < -0.39 is 6.10 Å². The molecule has 1 aromatic rings. The predicted molar refractivity (Wildman–Crippen MR) is 85.2 cm³/mol. The zero-order chi connectivity index (χ0) is 15.3. The first-order valence-electron chi connectivity index (χ1n) is 7.21. The summed E-state index contributed by atoms with van der Waals surface area (Å²) in [7, 11) is 0. The van der Waals surface area contributed by atoms with E-state index in [1.165, 1.54) is 15.3 Å². The number of aryl methyl sites for hydroxylation is 3. The molecule has 20 heavy (non-hydrogen) atoms. The fourth-order valence-electron chi connectivity index (χ4n) is 1.98. The number of aliphatic hydroxyl groups excluding tert-OH is 1. The minimum Gasteiger partial charge on any atom is -0.391 e. The average Bonchev–Trinajstić information content (AvgIpc) is 2.63. The van der Waals surface area contributed by atoms with Crippen molar-refractivity contribution >= 4 is 17.2 Å². The van der Waals surface area contributed by atoms with E-state index in [9.17, 15) is 9.90 Å². The molecule has 4 heteroatoms. The zero-order valence-corrected chi connectivity index (χ0v) is 14.1. The number of carbonyl (C=O) groups excluding carboxylic acids is 1. The number of hydrogen-bond acceptors (Lipinski definition) is 3. The third kappa shape index (κ3) is 5.63. The molecule has 0 aliphatic heterocycles. The largest absolute Gasteiger partial charge is 0.391 e. The Hall–Kier alpha value is -0.870. The Labute approximate surface area is 126 Å². The minimum absolute atomic E-state index is 0.0258. The quantitative estimate of drug-likeness (QED) is 0.847. The fourth-order valence-corrected chi connectivity index (χ4v) is 2.95. The summed E-state index contributed by atoms with van der Waals surface area (Å²) >= 11 is 1.81. The normalized spacial score (nSPS) is 13.3. The van der Waals surface area contributed by atoms with Crippen molar-refractivity contribution in [3.63, 3.8) is 0 Å². The van der Waals surface area contributed by atoms with Gasteiger partial charge in [-0.1, -0.05) is 20.8 Å². The highest BCUT2D eigenvalue weighted by molar-refractivity contribution is 7.12. The zero-order valence-electron chi connectivity index (χ0n) is 13.2. The second kappa shape index (κ2) is 7.23. The molecule has 3 nitrogen and oxygen atoms in total. The van der Waals surface area contributed by atoms with Gasteiger partial charge in [0.1, 0.15) is 0 Å². The van der Waals surface area contributed by atoms with Gasteiger partial charge in [-0.05, 0) is 43.7 Å². The van der Waals surface area contributed by atoms with Crippen LogP contribution in [0.2, 0.25) is 0 Å². The highest BCUT2D eigenvalue weighted by Crippen LogP contribution is 2.22. The number of nitrogens with one attached hydrogen (secondary N) is 1. The SMILES string of the molecule is Cc1cc(CCCC(=O)NCC(O)C(C)(C)C)c(C)s1. The van der Waals surface area contributed by atoms with E-state index in [4.69, 9.17) is 0 Å². The lowest BCUT2D eigenvalue weighted by molar-refractivity contribution is -0.122. The molecule has 0 saturated carbocycles. The lowest BCUT2D eigenvalue weighted by atomic mass is 9.89. The van der Waals surface area contributed by atoms with Gasteiger partial charge in [0.15, 0.2) is 0 Å². The fraction of sp³-hybridized carbons (Fsp3) is 0.688. The standard InChI is InChI=1S/C16H27NO2S/c1-11-9-13(12(2)20-11)7-6-8-15(19)17-10-14(18)16(3,4)5/h9,14,18H,6-8,10H2,1-5H3,(H,17,19). The Morgan fingerprint density at radius 2 is 2.05 bits per heavy atom. The molecule has 0 bridgehead atoms. The summed E-state index contributed by atoms with van der Waals surface area (Å²) in [6.45, 7) is 10.5. The molecule has 1 atom stereocenters. The van der Waals surface area contributed by atoms with Gasteiger partial charge in [-0.15, -0.1) is 11.3 Å². The molecule has 0 radical (unpaired) electrons. The Morgan fingerprint density at radius 3 is 2.55 bits per heavy atom. The van der Waals surface area contributed by atoms with E-state index in [1.807, 2.05) is 32.1 Å². The number of carbonyl (C=O) groups is 1. The van der Waals surface area contributed by atoms with Crippen molar-refractivity contribution < 1.29 is 9.90 Å². The molecule has 0 spiro atoms. The first-order valence-corrected chi connectivity index (χ1v) is 8.02. The molecule has 0 aliphatic rings. The Kier molecular flexibility index (Phi) is 6.21. The summed E-state index contributed by atoms with van der Waals surface area (Å²) in [5.41, 5.74) is 1.16. The van der Waals surface area contributed by atoms with Crippen LogP contribution in [0.5, 0.6) is 0 Å². The summed E-state index contributed by atoms with van der Waals surface area (Å²) in [5, 5.41) is 12.7. The van der Waals surface area contributed by atoms with E-state index in [0.29, 0.717) is 13.0 Å². The number of hydrogen-bond donors (Lipinski definition) is 2. The van der Waals surface area contributed by atoms with Crippen LogP contribution in [0.4, 0.5) is 0 Å². The Bertz CT molecular complexity index is 446. The van der Waals surface area contributed by atoms with Gasteiger partial charge in [0.2, 0.25) is 5.91 Å². The minimum atomic E-state index is -0.506. The maximum atomic E-state index is 11.7. The highest BCUT2D eigenvalue weighted by Gasteiger charge is 2.22. The van der Waals surface area contributed by atoms with Gasteiger partial charge in [0.25, 0.3) is 0 Å². The monoisotopic (exact) mass is 297 g/mol. The van der Waals surface area contributed by atoms with Gasteiger partial charge in [-0.3, -0.25) is 4.79 Å². The summed E-state index contributed by atoms with van der Waals surface area (Å²) < 4.78 is 0. The predicted octanol–water partition coefficient (Wildman–Crippen LogP) is 3.21. The Balaban J connectivity index is 2.25. The van der Waals surface area contributed by atoms with Crippen LogP contribution < -0.4 is 5.32 Å². The van der Waals surface area contributed by atoms with Crippen LogP contribution >= 0.6 is 11.3 Å². The van der Waals surface area contributed by atoms with Crippen molar-refractivity contribution in [2.24, 2.45) is 5.41 Å². The molecule has 0 aliphatic carbocycles. The van der Waals surface area contributed by atoms with Gasteiger partial charge in [-0.2, -0.15) is 0 Å². The summed E-state index contributed by atoms with van der Waals surface area (Å²) in [6, 6.07) is 2.21. The molecule has 1 rings (SSSR count). The third-order valence-electron chi connectivity index (χ3n) is 3.49. The van der Waals surface area contributed by atoms with E-state index in [0.717, 1.165) is 12.8 Å². The number of aliphatic hydroxyl groups is 1. The van der Waals surface area contributed by atoms with Crippen LogP contribution in [-0.2, 0) is 11.2 Å². The second-order valence-electron chi connectivity index (χ2n) is 6.48. The van der Waals surface area contributed by atoms with E-state index >= 15 is 0 Å². The van der Waals surface area contributed by atoms with Crippen LogP contribution in [0.25, 0.3) is 0 Å². The van der Waals surface area contributed by atoms with Crippen LogP contribution in [0.3, 0.4) is 0 Å². The molecule has 1 heterocycles. The van der Waals surface area contributed by atoms with E-state index in [1.54, 1.807) is 0 Å². The maximum Gasteiger partial charge on any atom is 0.220 e. The smallest absolute Gasteiger partial charge is 0.220 e. The van der Waals surface area contributed by atoms with Gasteiger partial charge in [-0.25, -0.2) is 0 Å². The second-order valence-corrected chi connectivity index (χ2v) is 7.94. The maximum absolute atomic E-state index is 11.7. The molecule has 1 aromatic heterocycles. The van der Waals surface area contributed by atoms with Crippen LogP contribution in [0.1, 0.15) is 48.9 Å². The molecular formula is C16H27NO2S. The molecule has 0 aromatic carbocycles. The van der Waals surface area contributed by atoms with Crippen molar-refractivity contribution in [2.75, 3.05) is 6.54 Å². The number of amides is 1. The van der Waals surface area contributed by atoms with Gasteiger partial charge in [0, 0.05) is 22.7 Å². The summed E-state index contributed by atoms with van der Waals surface area (Å²) in [6.07, 6.45) is 1.82. The molecule has 0 fully saturated rings. The lowest BCUT2D eigenvalue weighted by Crippen LogP contribution is -2.39. The topological polar surface area (TPSA) is 49.3 Å². The molecule has 1 amide bonds. The van der Waals surface area contributed by atoms with Crippen molar-refractivity contribution in [1.82, 2.24) is 5.32 Å². The van der Waals surface area contributed by atoms with E-state index in [2.05, 4.69) is 25.2 Å². The molecule has 1 unspecified atom stereocenters. The summed E-state index contributed by atoms with van der Waals surface area (Å²) in [4.78, 5) is 14.4. The van der Waals surface area contributed by atoms with Gasteiger partial charge in [0.05, 0.1) is 6.10 Å². The van der Waals surface area contributed by atoms with Gasteiger partial charge >= 0.3 is 0 Å². The average molecular weight is 297 g/mol. The van der Waals surface area contributed by atoms with Crippen LogP contribution in [0.15, 0.2) is 6.07 Å². The van der Waals surface area contributed by atoms with Crippen molar-refractivity contribution in [3.05, 3.63) is 21.4 Å². The van der Waals surface area contributed by atoms with Crippen molar-refractivity contribution in [2.45, 2.75) is 60.0 Å². The van der Waals surface area contributed by atoms with Crippen molar-refractivity contribution in [1.29, 1.82) is 0 Å². The molecular weight excluding hydrogens is 270 g/mol. The van der Waals surface area contributed by atoms with Gasteiger partial charge < -0.3 is 10.4 Å². The first-order chi connectivity index (χ1) is 9.20. The number of rotatable bonds is 6. The molecule has 2 N–H and O–H groups in total. The molecule has 114 valence electrons. The number of thiophene rings is 1. The molecule has 0 saturated heterocycles. The Morgan fingerprint density at radius 1 is 1.40 bits per heavy atom. The van der Waals surface area contributed by atoms with Crippen molar-refractivity contribution in [3.8, 4) is 0 Å². The van der Waals surface area contributed by atoms with Crippen LogP contribution in [-0.4, -0.2) is 23.7 Å². The van der Waals surface area contributed by atoms with Crippen LogP contribution in [0, 0.1) is 19.3 Å².